The summed E-state index contributed by atoms with van der Waals surface area (Å²) in [6.45, 7) is 6.66. The Labute approximate surface area is 111 Å². The molecule has 1 fully saturated rings. The largest absolute Gasteiger partial charge is 0.381 e. The third-order valence-corrected chi connectivity index (χ3v) is 3.48. The molecule has 1 unspecified atom stereocenters. The Bertz CT molecular complexity index is 268. The Hall–Kier alpha value is -0.830. The molecule has 3 nitrogen and oxygen atoms in total. The molecule has 0 aliphatic carbocycles. The van der Waals surface area contributed by atoms with E-state index in [2.05, 4.69) is 19.2 Å². The van der Waals surface area contributed by atoms with Gasteiger partial charge in [0.05, 0.1) is 6.61 Å². The summed E-state index contributed by atoms with van der Waals surface area (Å²) in [6, 6.07) is 0. The van der Waals surface area contributed by atoms with Crippen molar-refractivity contribution in [3.05, 3.63) is 12.2 Å². The van der Waals surface area contributed by atoms with Crippen molar-refractivity contribution in [2.24, 2.45) is 5.41 Å². The maximum atomic E-state index is 11.6. The van der Waals surface area contributed by atoms with Gasteiger partial charge in [0.25, 0.3) is 0 Å². The van der Waals surface area contributed by atoms with E-state index < -0.39 is 0 Å². The number of ether oxygens (including phenoxy) is 1. The molecule has 1 amide bonds. The van der Waals surface area contributed by atoms with Gasteiger partial charge in [-0.15, -0.1) is 0 Å². The van der Waals surface area contributed by atoms with E-state index in [1.807, 2.05) is 6.08 Å². The van der Waals surface area contributed by atoms with Gasteiger partial charge in [0, 0.05) is 18.6 Å². The first-order valence-corrected chi connectivity index (χ1v) is 7.18. The Balaban J connectivity index is 2.07. The summed E-state index contributed by atoms with van der Waals surface area (Å²) in [5.74, 6) is 0.0265. The van der Waals surface area contributed by atoms with Gasteiger partial charge in [-0.25, -0.2) is 0 Å². The fourth-order valence-corrected chi connectivity index (χ4v) is 2.09. The van der Waals surface area contributed by atoms with Crippen LogP contribution in [0.2, 0.25) is 0 Å². The molecule has 0 aromatic heterocycles. The Kier molecular flexibility index (Phi) is 7.02. The number of rotatable bonds is 8. The summed E-state index contributed by atoms with van der Waals surface area (Å²) in [4.78, 5) is 11.6. The number of carbonyl (C=O) groups excluding carboxylic acids is 1. The highest BCUT2D eigenvalue weighted by Gasteiger charge is 2.29. The molecule has 0 bridgehead atoms. The van der Waals surface area contributed by atoms with Crippen LogP contribution < -0.4 is 5.32 Å². The maximum Gasteiger partial charge on any atom is 0.243 e. The van der Waals surface area contributed by atoms with Crippen LogP contribution in [0.4, 0.5) is 0 Å². The van der Waals surface area contributed by atoms with Gasteiger partial charge in [0.1, 0.15) is 0 Å². The summed E-state index contributed by atoms with van der Waals surface area (Å²) in [5, 5.41) is 2.96. The summed E-state index contributed by atoms with van der Waals surface area (Å²) < 4.78 is 5.36. The van der Waals surface area contributed by atoms with Crippen molar-refractivity contribution in [2.75, 3.05) is 19.8 Å². The summed E-state index contributed by atoms with van der Waals surface area (Å²) in [5.41, 5.74) is 0.130. The fourth-order valence-electron chi connectivity index (χ4n) is 2.09. The minimum absolute atomic E-state index is 0.0265. The minimum atomic E-state index is 0.0265. The van der Waals surface area contributed by atoms with Crippen molar-refractivity contribution in [1.29, 1.82) is 0 Å². The van der Waals surface area contributed by atoms with Crippen LogP contribution in [0.3, 0.4) is 0 Å². The molecule has 18 heavy (non-hydrogen) atoms. The zero-order chi connectivity index (χ0) is 13.3. The van der Waals surface area contributed by atoms with Gasteiger partial charge in [-0.3, -0.25) is 4.79 Å². The lowest BCUT2D eigenvalue weighted by Gasteiger charge is -2.21. The second-order valence-electron chi connectivity index (χ2n) is 5.58. The van der Waals surface area contributed by atoms with Gasteiger partial charge >= 0.3 is 0 Å². The average Bonchev–Trinajstić information content (AvgIpc) is 2.79. The molecule has 1 N–H and O–H groups in total. The van der Waals surface area contributed by atoms with E-state index in [-0.39, 0.29) is 11.3 Å². The normalized spacial score (nSPS) is 23.7. The Morgan fingerprint density at radius 3 is 2.89 bits per heavy atom. The van der Waals surface area contributed by atoms with Gasteiger partial charge in [-0.2, -0.15) is 0 Å². The number of allylic oxidation sites excluding steroid dienone is 1. The fraction of sp³-hybridized carbons (Fsp3) is 0.800. The van der Waals surface area contributed by atoms with Gasteiger partial charge < -0.3 is 10.1 Å². The number of unbranched alkanes of at least 4 members (excludes halogenated alkanes) is 4. The van der Waals surface area contributed by atoms with E-state index in [0.29, 0.717) is 6.54 Å². The lowest BCUT2D eigenvalue weighted by molar-refractivity contribution is -0.117. The van der Waals surface area contributed by atoms with Gasteiger partial charge in [0.15, 0.2) is 0 Å². The number of hydrogen-bond donors (Lipinski definition) is 1. The van der Waals surface area contributed by atoms with Crippen LogP contribution in [0, 0.1) is 5.41 Å². The molecule has 1 rings (SSSR count). The molecular formula is C15H27NO2. The summed E-state index contributed by atoms with van der Waals surface area (Å²) in [6.07, 6.45) is 10.7. The summed E-state index contributed by atoms with van der Waals surface area (Å²) in [7, 11) is 0. The third kappa shape index (κ3) is 6.20. The molecular weight excluding hydrogens is 226 g/mol. The first kappa shape index (κ1) is 15.2. The highest BCUT2D eigenvalue weighted by Crippen LogP contribution is 2.26. The van der Waals surface area contributed by atoms with Crippen LogP contribution in [-0.4, -0.2) is 25.7 Å². The first-order valence-electron chi connectivity index (χ1n) is 7.18. The molecule has 1 atom stereocenters. The van der Waals surface area contributed by atoms with E-state index in [1.54, 1.807) is 6.08 Å². The highest BCUT2D eigenvalue weighted by molar-refractivity contribution is 5.87. The number of nitrogens with one attached hydrogen (secondary N) is 1. The minimum Gasteiger partial charge on any atom is -0.381 e. The van der Waals surface area contributed by atoms with E-state index in [1.165, 1.54) is 25.7 Å². The van der Waals surface area contributed by atoms with Crippen LogP contribution in [0.25, 0.3) is 0 Å². The molecule has 1 saturated heterocycles. The van der Waals surface area contributed by atoms with Gasteiger partial charge in [-0.05, 0) is 25.3 Å². The zero-order valence-corrected chi connectivity index (χ0v) is 11.8. The predicted molar refractivity (Wildman–Crippen MR) is 74.5 cm³/mol. The number of amides is 1. The first-order chi connectivity index (χ1) is 8.66. The van der Waals surface area contributed by atoms with Crippen molar-refractivity contribution < 1.29 is 9.53 Å². The molecule has 0 aromatic rings. The molecule has 1 aliphatic heterocycles. The second-order valence-corrected chi connectivity index (χ2v) is 5.58. The molecule has 3 heteroatoms. The monoisotopic (exact) mass is 253 g/mol. The molecule has 0 spiro atoms. The van der Waals surface area contributed by atoms with Crippen LogP contribution in [-0.2, 0) is 9.53 Å². The lowest BCUT2D eigenvalue weighted by atomic mass is 9.90. The Morgan fingerprint density at radius 2 is 2.22 bits per heavy atom. The molecule has 0 aromatic carbocycles. The number of hydrogen-bond acceptors (Lipinski definition) is 2. The topological polar surface area (TPSA) is 38.3 Å². The van der Waals surface area contributed by atoms with Crippen molar-refractivity contribution >= 4 is 5.91 Å². The van der Waals surface area contributed by atoms with Crippen molar-refractivity contribution in [3.63, 3.8) is 0 Å². The lowest BCUT2D eigenvalue weighted by Crippen LogP contribution is -2.35. The van der Waals surface area contributed by atoms with Gasteiger partial charge in [-0.1, -0.05) is 39.2 Å². The van der Waals surface area contributed by atoms with Crippen LogP contribution in [0.1, 0.15) is 52.4 Å². The molecule has 1 aliphatic rings. The van der Waals surface area contributed by atoms with Gasteiger partial charge in [0.2, 0.25) is 5.91 Å². The van der Waals surface area contributed by atoms with E-state index >= 15 is 0 Å². The molecule has 104 valence electrons. The Morgan fingerprint density at radius 1 is 1.39 bits per heavy atom. The predicted octanol–water partition coefficient (Wildman–Crippen LogP) is 3.06. The molecule has 0 saturated carbocycles. The summed E-state index contributed by atoms with van der Waals surface area (Å²) >= 11 is 0. The smallest absolute Gasteiger partial charge is 0.243 e. The SMILES string of the molecule is CCCCCC/C=C/C(=O)NCC1(C)CCOC1. The van der Waals surface area contributed by atoms with Crippen molar-refractivity contribution in [2.45, 2.75) is 52.4 Å². The van der Waals surface area contributed by atoms with Crippen LogP contribution in [0.15, 0.2) is 12.2 Å². The standard InChI is InChI=1S/C15H27NO2/c1-3-4-5-6-7-8-9-14(17)16-12-15(2)10-11-18-13-15/h8-9H,3-7,10-13H2,1-2H3,(H,16,17)/b9-8+. The highest BCUT2D eigenvalue weighted by atomic mass is 16.5. The number of carbonyl (C=O) groups is 1. The quantitative estimate of drug-likeness (QED) is 0.533. The van der Waals surface area contributed by atoms with Crippen molar-refractivity contribution in [3.8, 4) is 0 Å². The maximum absolute atomic E-state index is 11.6. The van der Waals surface area contributed by atoms with E-state index in [9.17, 15) is 4.79 Å². The third-order valence-electron chi connectivity index (χ3n) is 3.48. The molecule has 1 heterocycles. The second kappa shape index (κ2) is 8.30. The van der Waals surface area contributed by atoms with Crippen LogP contribution >= 0.6 is 0 Å². The van der Waals surface area contributed by atoms with E-state index in [0.717, 1.165) is 26.1 Å². The van der Waals surface area contributed by atoms with Crippen LogP contribution in [0.5, 0.6) is 0 Å². The molecule has 0 radical (unpaired) electrons. The van der Waals surface area contributed by atoms with Crippen molar-refractivity contribution in [1.82, 2.24) is 5.32 Å². The average molecular weight is 253 g/mol. The zero-order valence-electron chi connectivity index (χ0n) is 11.8. The van der Waals surface area contributed by atoms with E-state index in [4.69, 9.17) is 4.74 Å².